The van der Waals surface area contributed by atoms with Crippen LogP contribution in [0, 0.1) is 5.92 Å². The maximum absolute atomic E-state index is 11.4. The lowest BCUT2D eigenvalue weighted by Gasteiger charge is -2.38. The molecule has 1 heterocycles. The number of primary amides is 1. The number of hydrogen-bond donors (Lipinski definition) is 2. The number of hydrogen-bond acceptors (Lipinski definition) is 4. The zero-order valence-electron chi connectivity index (χ0n) is 11.4. The normalized spacial score (nSPS) is 23.2. The molecule has 2 rings (SSSR count). The lowest BCUT2D eigenvalue weighted by Crippen LogP contribution is -2.45. The van der Waals surface area contributed by atoms with Gasteiger partial charge in [0.05, 0.1) is 13.0 Å². The molecular weight excluding hydrogens is 242 g/mol. The van der Waals surface area contributed by atoms with E-state index in [-0.39, 0.29) is 11.8 Å². The number of methoxy groups -OCH3 is 1. The molecule has 1 saturated heterocycles. The number of anilines is 2. The SMILES string of the molecule is COc1cc(N)cc(N2CC(C(N)=O)CCC2C)c1. The maximum atomic E-state index is 11.4. The standard InChI is InChI=1S/C14H21N3O2/c1-9-3-4-10(14(16)18)8-17(9)12-5-11(15)6-13(7-12)19-2/h5-7,9-10H,3-4,8,15H2,1-2H3,(H2,16,18). The van der Waals surface area contributed by atoms with Gasteiger partial charge in [-0.3, -0.25) is 4.79 Å². The van der Waals surface area contributed by atoms with Crippen LogP contribution < -0.4 is 21.1 Å². The van der Waals surface area contributed by atoms with E-state index in [0.717, 1.165) is 24.3 Å². The van der Waals surface area contributed by atoms with Gasteiger partial charge in [-0.25, -0.2) is 0 Å². The van der Waals surface area contributed by atoms with Crippen LogP contribution in [-0.2, 0) is 4.79 Å². The number of ether oxygens (including phenoxy) is 1. The average molecular weight is 263 g/mol. The zero-order chi connectivity index (χ0) is 14.0. The quantitative estimate of drug-likeness (QED) is 0.807. The summed E-state index contributed by atoms with van der Waals surface area (Å²) in [6.07, 6.45) is 1.80. The van der Waals surface area contributed by atoms with Gasteiger partial charge in [0.2, 0.25) is 5.91 Å². The highest BCUT2D eigenvalue weighted by Crippen LogP contribution is 2.31. The Labute approximate surface area is 113 Å². The second kappa shape index (κ2) is 5.38. The van der Waals surface area contributed by atoms with Crippen molar-refractivity contribution in [2.45, 2.75) is 25.8 Å². The molecule has 1 aliphatic rings. The molecule has 1 fully saturated rings. The molecule has 1 amide bonds. The first-order chi connectivity index (χ1) is 9.01. The molecule has 104 valence electrons. The van der Waals surface area contributed by atoms with E-state index >= 15 is 0 Å². The van der Waals surface area contributed by atoms with Crippen molar-refractivity contribution in [2.75, 3.05) is 24.3 Å². The highest BCUT2D eigenvalue weighted by Gasteiger charge is 2.29. The number of carbonyl (C=O) groups excluding carboxylic acids is 1. The number of nitrogens with zero attached hydrogens (tertiary/aromatic N) is 1. The molecular formula is C14H21N3O2. The summed E-state index contributed by atoms with van der Waals surface area (Å²) in [5.74, 6) is 0.403. The van der Waals surface area contributed by atoms with Crippen LogP contribution in [0.15, 0.2) is 18.2 Å². The molecule has 1 aromatic carbocycles. The molecule has 2 unspecified atom stereocenters. The minimum Gasteiger partial charge on any atom is -0.497 e. The van der Waals surface area contributed by atoms with E-state index in [0.29, 0.717) is 18.3 Å². The molecule has 0 aliphatic carbocycles. The first kappa shape index (κ1) is 13.5. The summed E-state index contributed by atoms with van der Waals surface area (Å²) >= 11 is 0. The minimum atomic E-state index is -0.229. The van der Waals surface area contributed by atoms with Gasteiger partial charge in [0.15, 0.2) is 0 Å². The Morgan fingerprint density at radius 3 is 2.74 bits per heavy atom. The topological polar surface area (TPSA) is 81.6 Å². The summed E-state index contributed by atoms with van der Waals surface area (Å²) in [5, 5.41) is 0. The van der Waals surface area contributed by atoms with Gasteiger partial charge in [0.1, 0.15) is 5.75 Å². The Morgan fingerprint density at radius 1 is 1.37 bits per heavy atom. The lowest BCUT2D eigenvalue weighted by molar-refractivity contribution is -0.122. The van der Waals surface area contributed by atoms with Crippen LogP contribution in [0.3, 0.4) is 0 Å². The van der Waals surface area contributed by atoms with Crippen LogP contribution >= 0.6 is 0 Å². The molecule has 5 nitrogen and oxygen atoms in total. The van der Waals surface area contributed by atoms with E-state index in [2.05, 4.69) is 11.8 Å². The second-order valence-electron chi connectivity index (χ2n) is 5.14. The summed E-state index contributed by atoms with van der Waals surface area (Å²) in [5.41, 5.74) is 12.9. The van der Waals surface area contributed by atoms with Crippen molar-refractivity contribution in [1.82, 2.24) is 0 Å². The van der Waals surface area contributed by atoms with Crippen LogP contribution in [0.1, 0.15) is 19.8 Å². The number of rotatable bonds is 3. The number of benzene rings is 1. The van der Waals surface area contributed by atoms with Crippen molar-refractivity contribution in [3.63, 3.8) is 0 Å². The molecule has 1 aromatic rings. The van der Waals surface area contributed by atoms with Gasteiger partial charge in [-0.2, -0.15) is 0 Å². The predicted molar refractivity (Wildman–Crippen MR) is 76.1 cm³/mol. The van der Waals surface area contributed by atoms with Crippen LogP contribution in [0.25, 0.3) is 0 Å². The van der Waals surface area contributed by atoms with Gasteiger partial charge >= 0.3 is 0 Å². The van der Waals surface area contributed by atoms with E-state index in [1.165, 1.54) is 0 Å². The van der Waals surface area contributed by atoms with Gasteiger partial charge < -0.3 is 21.1 Å². The van der Waals surface area contributed by atoms with Gasteiger partial charge in [-0.15, -0.1) is 0 Å². The molecule has 0 radical (unpaired) electrons. The number of piperidine rings is 1. The summed E-state index contributed by atoms with van der Waals surface area (Å²) < 4.78 is 5.24. The van der Waals surface area contributed by atoms with Crippen LogP contribution in [-0.4, -0.2) is 25.6 Å². The molecule has 5 heteroatoms. The fraction of sp³-hybridized carbons (Fsp3) is 0.500. The fourth-order valence-corrected chi connectivity index (χ4v) is 2.59. The molecule has 1 aliphatic heterocycles. The third-order valence-corrected chi connectivity index (χ3v) is 3.77. The van der Waals surface area contributed by atoms with Gasteiger partial charge in [0, 0.05) is 36.1 Å². The summed E-state index contributed by atoms with van der Waals surface area (Å²) in [7, 11) is 1.62. The fourth-order valence-electron chi connectivity index (χ4n) is 2.59. The molecule has 0 saturated carbocycles. The van der Waals surface area contributed by atoms with Crippen molar-refractivity contribution in [2.24, 2.45) is 11.7 Å². The summed E-state index contributed by atoms with van der Waals surface area (Å²) in [6, 6.07) is 5.99. The van der Waals surface area contributed by atoms with E-state index in [1.54, 1.807) is 13.2 Å². The number of nitrogen functional groups attached to an aromatic ring is 1. The lowest BCUT2D eigenvalue weighted by atomic mass is 9.92. The maximum Gasteiger partial charge on any atom is 0.222 e. The van der Waals surface area contributed by atoms with Crippen LogP contribution in [0.2, 0.25) is 0 Å². The number of nitrogens with two attached hydrogens (primary N) is 2. The Kier molecular flexibility index (Phi) is 3.83. The third-order valence-electron chi connectivity index (χ3n) is 3.77. The number of amides is 1. The van der Waals surface area contributed by atoms with E-state index in [4.69, 9.17) is 16.2 Å². The molecule has 19 heavy (non-hydrogen) atoms. The van der Waals surface area contributed by atoms with E-state index in [1.807, 2.05) is 12.1 Å². The molecule has 4 N–H and O–H groups in total. The third kappa shape index (κ3) is 2.92. The van der Waals surface area contributed by atoms with E-state index < -0.39 is 0 Å². The minimum absolute atomic E-state index is 0.0939. The van der Waals surface area contributed by atoms with Crippen molar-refractivity contribution in [3.05, 3.63) is 18.2 Å². The van der Waals surface area contributed by atoms with Crippen molar-refractivity contribution in [1.29, 1.82) is 0 Å². The molecule has 0 bridgehead atoms. The molecule has 0 aromatic heterocycles. The van der Waals surface area contributed by atoms with Gasteiger partial charge in [-0.1, -0.05) is 0 Å². The highest BCUT2D eigenvalue weighted by molar-refractivity contribution is 5.78. The molecule has 2 atom stereocenters. The highest BCUT2D eigenvalue weighted by atomic mass is 16.5. The molecule has 0 spiro atoms. The number of carbonyl (C=O) groups is 1. The Balaban J connectivity index is 2.27. The van der Waals surface area contributed by atoms with Crippen LogP contribution in [0.5, 0.6) is 5.75 Å². The monoisotopic (exact) mass is 263 g/mol. The smallest absolute Gasteiger partial charge is 0.222 e. The first-order valence-corrected chi connectivity index (χ1v) is 6.51. The Morgan fingerprint density at radius 2 is 2.11 bits per heavy atom. The van der Waals surface area contributed by atoms with Crippen molar-refractivity contribution >= 4 is 17.3 Å². The summed E-state index contributed by atoms with van der Waals surface area (Å²) in [6.45, 7) is 2.79. The van der Waals surface area contributed by atoms with Gasteiger partial charge in [0.25, 0.3) is 0 Å². The van der Waals surface area contributed by atoms with E-state index in [9.17, 15) is 4.79 Å². The van der Waals surface area contributed by atoms with Gasteiger partial charge in [-0.05, 0) is 25.8 Å². The predicted octanol–water partition coefficient (Wildman–Crippen LogP) is 1.37. The zero-order valence-corrected chi connectivity index (χ0v) is 11.4. The first-order valence-electron chi connectivity index (χ1n) is 6.51. The van der Waals surface area contributed by atoms with Crippen molar-refractivity contribution < 1.29 is 9.53 Å². The van der Waals surface area contributed by atoms with Crippen LogP contribution in [0.4, 0.5) is 11.4 Å². The Hall–Kier alpha value is -1.91. The average Bonchev–Trinajstić information content (AvgIpc) is 2.38. The second-order valence-corrected chi connectivity index (χ2v) is 5.14. The summed E-state index contributed by atoms with van der Waals surface area (Å²) in [4.78, 5) is 13.6. The Bertz CT molecular complexity index is 476. The van der Waals surface area contributed by atoms with Crippen molar-refractivity contribution in [3.8, 4) is 5.75 Å². The largest absolute Gasteiger partial charge is 0.497 e.